The minimum absolute atomic E-state index is 0.00448. The van der Waals surface area contributed by atoms with Crippen LogP contribution in [0.3, 0.4) is 0 Å². The van der Waals surface area contributed by atoms with Gasteiger partial charge in [-0.2, -0.15) is 5.10 Å². The topological polar surface area (TPSA) is 80.0 Å². The Labute approximate surface area is 137 Å². The summed E-state index contributed by atoms with van der Waals surface area (Å²) >= 11 is 1.63. The zero-order chi connectivity index (χ0) is 16.1. The fraction of sp³-hybridized carbons (Fsp3) is 0.267. The van der Waals surface area contributed by atoms with Gasteiger partial charge in [0.2, 0.25) is 0 Å². The second-order valence-corrected chi connectivity index (χ2v) is 6.01. The predicted molar refractivity (Wildman–Crippen MR) is 91.7 cm³/mol. The Morgan fingerprint density at radius 2 is 2.04 bits per heavy atom. The largest absolute Gasteiger partial charge is 0.378 e. The molecule has 3 rings (SSSR count). The van der Waals surface area contributed by atoms with E-state index in [1.54, 1.807) is 35.8 Å². The lowest BCUT2D eigenvalue weighted by atomic mass is 10.3. The molecule has 2 heterocycles. The number of thiophene rings is 1. The van der Waals surface area contributed by atoms with Crippen LogP contribution in [0.25, 0.3) is 0 Å². The molecule has 0 atom stereocenters. The number of anilines is 2. The van der Waals surface area contributed by atoms with Crippen molar-refractivity contribution in [1.29, 1.82) is 0 Å². The monoisotopic (exact) mass is 332 g/mol. The van der Waals surface area contributed by atoms with Gasteiger partial charge in [0.25, 0.3) is 5.69 Å². The van der Waals surface area contributed by atoms with E-state index in [9.17, 15) is 10.1 Å². The first kappa shape index (κ1) is 15.4. The number of hydrogen-bond donors (Lipinski definition) is 1. The smallest absolute Gasteiger partial charge is 0.294 e. The van der Waals surface area contributed by atoms with Crippen molar-refractivity contribution in [1.82, 2.24) is 0 Å². The molecule has 1 N–H and O–H groups in total. The molecule has 0 amide bonds. The second kappa shape index (κ2) is 7.21. The van der Waals surface area contributed by atoms with Gasteiger partial charge in [0.15, 0.2) is 0 Å². The van der Waals surface area contributed by atoms with E-state index in [1.165, 1.54) is 11.1 Å². The van der Waals surface area contributed by atoms with Crippen LogP contribution in [0.1, 0.15) is 4.88 Å². The fourth-order valence-electron chi connectivity index (χ4n) is 2.26. The van der Waals surface area contributed by atoms with Gasteiger partial charge in [0.05, 0.1) is 29.4 Å². The predicted octanol–water partition coefficient (Wildman–Crippen LogP) is 2.94. The molecule has 1 aromatic carbocycles. The molecule has 2 aromatic rings. The summed E-state index contributed by atoms with van der Waals surface area (Å²) in [6, 6.07) is 10.5. The van der Waals surface area contributed by atoms with Crippen molar-refractivity contribution in [3.63, 3.8) is 0 Å². The summed E-state index contributed by atoms with van der Waals surface area (Å²) in [5.74, 6) is 0. The van der Waals surface area contributed by atoms with E-state index >= 15 is 0 Å². The van der Waals surface area contributed by atoms with Crippen molar-refractivity contribution in [2.24, 2.45) is 5.10 Å². The lowest BCUT2D eigenvalue weighted by molar-refractivity contribution is -0.384. The number of hydrogen-bond acceptors (Lipinski definition) is 7. The molecular weight excluding hydrogens is 316 g/mol. The summed E-state index contributed by atoms with van der Waals surface area (Å²) < 4.78 is 5.34. The maximum atomic E-state index is 10.9. The summed E-state index contributed by atoms with van der Waals surface area (Å²) in [5.41, 5.74) is 3.11. The number of ether oxygens (including phenoxy) is 1. The first-order valence-corrected chi connectivity index (χ1v) is 8.01. The number of morpholine rings is 1. The third-order valence-electron chi connectivity index (χ3n) is 3.41. The number of nitrogens with zero attached hydrogens (tertiary/aromatic N) is 3. The fourth-order valence-corrected chi connectivity index (χ4v) is 3.19. The Hall–Kier alpha value is -2.45. The van der Waals surface area contributed by atoms with E-state index in [1.807, 2.05) is 6.07 Å². The number of rotatable bonds is 5. The lowest BCUT2D eigenvalue weighted by Crippen LogP contribution is -2.35. The van der Waals surface area contributed by atoms with Crippen LogP contribution in [0, 0.1) is 10.1 Å². The van der Waals surface area contributed by atoms with Gasteiger partial charge in [0.1, 0.15) is 5.69 Å². The molecule has 0 saturated carbocycles. The van der Waals surface area contributed by atoms with Gasteiger partial charge in [-0.05, 0) is 18.2 Å². The third-order valence-corrected chi connectivity index (χ3v) is 4.49. The Balaban J connectivity index is 1.65. The first-order valence-electron chi connectivity index (χ1n) is 7.19. The average Bonchev–Trinajstić information content (AvgIpc) is 3.05. The van der Waals surface area contributed by atoms with E-state index in [2.05, 4.69) is 21.5 Å². The molecule has 8 heteroatoms. The summed E-state index contributed by atoms with van der Waals surface area (Å²) in [5, 5.41) is 16.2. The van der Waals surface area contributed by atoms with Gasteiger partial charge in [-0.1, -0.05) is 12.1 Å². The van der Waals surface area contributed by atoms with Crippen molar-refractivity contribution in [3.8, 4) is 0 Å². The highest BCUT2D eigenvalue weighted by Gasteiger charge is 2.13. The van der Waals surface area contributed by atoms with Gasteiger partial charge >= 0.3 is 0 Å². The number of para-hydroxylation sites is 2. The van der Waals surface area contributed by atoms with Gasteiger partial charge in [0, 0.05) is 24.0 Å². The SMILES string of the molecule is O=[N+]([O-])c1ccccc1N/N=C/c1ccc(N2CCOCC2)s1. The van der Waals surface area contributed by atoms with Crippen LogP contribution in [0.4, 0.5) is 16.4 Å². The summed E-state index contributed by atoms with van der Waals surface area (Å²) in [6.07, 6.45) is 1.67. The average molecular weight is 332 g/mol. The standard InChI is InChI=1S/C15H16N4O3S/c20-19(21)14-4-2-1-3-13(14)17-16-11-12-5-6-15(23-12)18-7-9-22-10-8-18/h1-6,11,17H,7-10H2/b16-11+. The first-order chi connectivity index (χ1) is 11.2. The van der Waals surface area contributed by atoms with Crippen LogP contribution in [0.2, 0.25) is 0 Å². The summed E-state index contributed by atoms with van der Waals surface area (Å²) in [6.45, 7) is 3.29. The molecule has 120 valence electrons. The van der Waals surface area contributed by atoms with Crippen LogP contribution >= 0.6 is 11.3 Å². The Morgan fingerprint density at radius 1 is 1.26 bits per heavy atom. The molecule has 1 fully saturated rings. The molecule has 0 bridgehead atoms. The quantitative estimate of drug-likeness (QED) is 0.517. The van der Waals surface area contributed by atoms with E-state index in [-0.39, 0.29) is 5.69 Å². The molecule has 0 aliphatic carbocycles. The highest BCUT2D eigenvalue weighted by atomic mass is 32.1. The minimum atomic E-state index is -0.431. The Bertz CT molecular complexity index is 710. The maximum absolute atomic E-state index is 10.9. The van der Waals surface area contributed by atoms with E-state index < -0.39 is 4.92 Å². The second-order valence-electron chi connectivity index (χ2n) is 4.92. The van der Waals surface area contributed by atoms with Crippen LogP contribution in [-0.4, -0.2) is 37.4 Å². The van der Waals surface area contributed by atoms with Crippen LogP contribution < -0.4 is 10.3 Å². The molecule has 23 heavy (non-hydrogen) atoms. The third kappa shape index (κ3) is 3.85. The zero-order valence-corrected chi connectivity index (χ0v) is 13.2. The Morgan fingerprint density at radius 3 is 2.83 bits per heavy atom. The van der Waals surface area contributed by atoms with Gasteiger partial charge < -0.3 is 9.64 Å². The highest BCUT2D eigenvalue weighted by molar-refractivity contribution is 7.17. The van der Waals surface area contributed by atoms with Crippen molar-refractivity contribution in [2.45, 2.75) is 0 Å². The Kier molecular flexibility index (Phi) is 4.84. The molecule has 1 saturated heterocycles. The van der Waals surface area contributed by atoms with E-state index in [0.29, 0.717) is 5.69 Å². The number of nitrogens with one attached hydrogen (secondary N) is 1. The van der Waals surface area contributed by atoms with Crippen molar-refractivity contribution >= 4 is 33.9 Å². The molecule has 0 spiro atoms. The minimum Gasteiger partial charge on any atom is -0.378 e. The molecule has 1 aliphatic rings. The van der Waals surface area contributed by atoms with Crippen LogP contribution in [0.15, 0.2) is 41.5 Å². The molecule has 7 nitrogen and oxygen atoms in total. The molecule has 0 radical (unpaired) electrons. The number of benzene rings is 1. The van der Waals surface area contributed by atoms with E-state index in [4.69, 9.17) is 4.74 Å². The van der Waals surface area contributed by atoms with Crippen LogP contribution in [0.5, 0.6) is 0 Å². The maximum Gasteiger partial charge on any atom is 0.294 e. The number of hydrazone groups is 1. The van der Waals surface area contributed by atoms with Crippen molar-refractivity contribution in [2.75, 3.05) is 36.6 Å². The highest BCUT2D eigenvalue weighted by Crippen LogP contribution is 2.26. The molecule has 0 unspecified atom stereocenters. The normalized spacial score (nSPS) is 15.0. The van der Waals surface area contributed by atoms with Crippen LogP contribution in [-0.2, 0) is 4.74 Å². The lowest BCUT2D eigenvalue weighted by Gasteiger charge is -2.27. The van der Waals surface area contributed by atoms with Gasteiger partial charge in [-0.25, -0.2) is 0 Å². The van der Waals surface area contributed by atoms with Crippen molar-refractivity contribution < 1.29 is 9.66 Å². The zero-order valence-electron chi connectivity index (χ0n) is 12.3. The number of nitro benzene ring substituents is 1. The summed E-state index contributed by atoms with van der Waals surface area (Å²) in [4.78, 5) is 13.8. The van der Waals surface area contributed by atoms with Gasteiger partial charge in [-0.15, -0.1) is 11.3 Å². The summed E-state index contributed by atoms with van der Waals surface area (Å²) in [7, 11) is 0. The number of nitro groups is 1. The molecular formula is C15H16N4O3S. The van der Waals surface area contributed by atoms with E-state index in [0.717, 1.165) is 31.2 Å². The van der Waals surface area contributed by atoms with Crippen molar-refractivity contribution in [3.05, 3.63) is 51.4 Å². The molecule has 1 aromatic heterocycles. The van der Waals surface area contributed by atoms with Gasteiger partial charge in [-0.3, -0.25) is 15.5 Å². The molecule has 1 aliphatic heterocycles.